The van der Waals surface area contributed by atoms with E-state index in [1.165, 1.54) is 0 Å². The molecule has 0 saturated heterocycles. The van der Waals surface area contributed by atoms with Crippen LogP contribution in [0.2, 0.25) is 0 Å². The van der Waals surface area contributed by atoms with Crippen LogP contribution < -0.4 is 10.6 Å². The highest BCUT2D eigenvalue weighted by Crippen LogP contribution is 2.23. The number of hydrogen-bond donors (Lipinski definition) is 2. The van der Waals surface area contributed by atoms with Gasteiger partial charge in [0.15, 0.2) is 23.0 Å². The van der Waals surface area contributed by atoms with Crippen molar-refractivity contribution in [2.75, 3.05) is 10.6 Å². The van der Waals surface area contributed by atoms with Crippen LogP contribution in [-0.2, 0) is 35.8 Å². The van der Waals surface area contributed by atoms with Gasteiger partial charge < -0.3 is 20.1 Å². The van der Waals surface area contributed by atoms with Crippen molar-refractivity contribution < 1.29 is 19.1 Å². The van der Waals surface area contributed by atoms with E-state index in [-0.39, 0.29) is 36.2 Å². The third-order valence-corrected chi connectivity index (χ3v) is 6.31. The zero-order valence-electron chi connectivity index (χ0n) is 22.9. The number of nitrogens with zero attached hydrogens (tertiary/aromatic N) is 2. The van der Waals surface area contributed by atoms with Gasteiger partial charge in [0.05, 0.1) is 0 Å². The van der Waals surface area contributed by atoms with Crippen LogP contribution in [0.15, 0.2) is 121 Å². The fourth-order valence-electron chi connectivity index (χ4n) is 4.11. The van der Waals surface area contributed by atoms with Crippen molar-refractivity contribution in [2.24, 2.45) is 0 Å². The molecule has 0 atom stereocenters. The number of carbonyl (C=O) groups excluding carboxylic acids is 2. The summed E-state index contributed by atoms with van der Waals surface area (Å²) in [5, 5.41) is 6.34. The van der Waals surface area contributed by atoms with Gasteiger partial charge in [-0.25, -0.2) is 19.6 Å². The van der Waals surface area contributed by atoms with Crippen LogP contribution >= 0.6 is 0 Å². The molecule has 0 spiro atoms. The first-order chi connectivity index (χ1) is 20.7. The van der Waals surface area contributed by atoms with Gasteiger partial charge in [0.25, 0.3) is 0 Å². The van der Waals surface area contributed by atoms with Crippen LogP contribution in [0.1, 0.15) is 43.2 Å². The molecule has 0 aliphatic carbocycles. The summed E-state index contributed by atoms with van der Waals surface area (Å²) >= 11 is 0. The molecule has 0 unspecified atom stereocenters. The van der Waals surface area contributed by atoms with Gasteiger partial charge in [0.1, 0.15) is 13.2 Å². The van der Waals surface area contributed by atoms with E-state index in [0.717, 1.165) is 22.3 Å². The molecule has 0 radical (unpaired) electrons. The van der Waals surface area contributed by atoms with E-state index in [4.69, 9.17) is 9.47 Å². The smallest absolute Gasteiger partial charge is 0.361 e. The van der Waals surface area contributed by atoms with E-state index in [1.807, 2.05) is 121 Å². The molecule has 4 aromatic carbocycles. The van der Waals surface area contributed by atoms with E-state index >= 15 is 0 Å². The van der Waals surface area contributed by atoms with Crippen LogP contribution in [0, 0.1) is 0 Å². The van der Waals surface area contributed by atoms with Crippen molar-refractivity contribution in [1.29, 1.82) is 0 Å². The number of esters is 2. The lowest BCUT2D eigenvalue weighted by Crippen LogP contribution is -2.20. The lowest BCUT2D eigenvalue weighted by Gasteiger charge is -2.16. The highest BCUT2D eigenvalue weighted by atomic mass is 16.5. The van der Waals surface area contributed by atoms with Gasteiger partial charge in [-0.15, -0.1) is 0 Å². The number of nitrogens with one attached hydrogen (secondary N) is 2. The maximum atomic E-state index is 13.4. The van der Waals surface area contributed by atoms with Crippen LogP contribution in [0.3, 0.4) is 0 Å². The Morgan fingerprint density at radius 2 is 0.786 bits per heavy atom. The van der Waals surface area contributed by atoms with E-state index < -0.39 is 11.9 Å². The first-order valence-electron chi connectivity index (χ1n) is 13.6. The molecule has 0 saturated carbocycles. The van der Waals surface area contributed by atoms with Crippen molar-refractivity contribution in [2.45, 2.75) is 26.3 Å². The van der Waals surface area contributed by atoms with Gasteiger partial charge in [-0.05, 0) is 22.3 Å². The maximum Gasteiger partial charge on any atom is 0.361 e. The largest absolute Gasteiger partial charge is 0.456 e. The molecule has 1 aromatic heterocycles. The van der Waals surface area contributed by atoms with E-state index in [9.17, 15) is 9.59 Å². The monoisotopic (exact) mass is 558 g/mol. The number of hydrogen-bond acceptors (Lipinski definition) is 8. The van der Waals surface area contributed by atoms with Gasteiger partial charge in [0.2, 0.25) is 0 Å². The highest BCUT2D eigenvalue weighted by Gasteiger charge is 2.25. The average molecular weight is 559 g/mol. The topological polar surface area (TPSA) is 102 Å². The average Bonchev–Trinajstić information content (AvgIpc) is 3.06. The minimum Gasteiger partial charge on any atom is -0.456 e. The molecule has 0 amide bonds. The van der Waals surface area contributed by atoms with Crippen molar-refractivity contribution in [3.05, 3.63) is 155 Å². The second-order valence-electron chi connectivity index (χ2n) is 9.42. The molecule has 2 N–H and O–H groups in total. The predicted molar refractivity (Wildman–Crippen MR) is 161 cm³/mol. The molecule has 0 fully saturated rings. The lowest BCUT2D eigenvalue weighted by molar-refractivity contribution is 0.0449. The molecular formula is C34H30N4O4. The molecule has 210 valence electrons. The number of ether oxygens (including phenoxy) is 2. The third kappa shape index (κ3) is 7.79. The van der Waals surface area contributed by atoms with Crippen LogP contribution in [0.25, 0.3) is 0 Å². The van der Waals surface area contributed by atoms with Gasteiger partial charge in [-0.3, -0.25) is 0 Å². The summed E-state index contributed by atoms with van der Waals surface area (Å²) in [4.78, 5) is 35.9. The number of rotatable bonds is 12. The first-order valence-corrected chi connectivity index (χ1v) is 13.6. The van der Waals surface area contributed by atoms with Crippen molar-refractivity contribution in [1.82, 2.24) is 9.97 Å². The maximum absolute atomic E-state index is 13.4. The molecule has 5 aromatic rings. The van der Waals surface area contributed by atoms with E-state index in [2.05, 4.69) is 20.6 Å². The second-order valence-corrected chi connectivity index (χ2v) is 9.42. The molecule has 8 nitrogen and oxygen atoms in total. The summed E-state index contributed by atoms with van der Waals surface area (Å²) in [6.07, 6.45) is 0. The molecule has 8 heteroatoms. The van der Waals surface area contributed by atoms with Crippen LogP contribution in [-0.4, -0.2) is 21.9 Å². The SMILES string of the molecule is O=C(OCc1ccccc1)c1nc(NCc2ccccc2)c(C(=O)OCc2ccccc2)nc1NCc1ccccc1. The summed E-state index contributed by atoms with van der Waals surface area (Å²) in [6.45, 7) is 0.827. The highest BCUT2D eigenvalue weighted by molar-refractivity contribution is 5.97. The fraction of sp³-hybridized carbons (Fsp3) is 0.118. The van der Waals surface area contributed by atoms with Gasteiger partial charge in [-0.1, -0.05) is 121 Å². The van der Waals surface area contributed by atoms with Crippen molar-refractivity contribution >= 4 is 23.6 Å². The molecule has 1 heterocycles. The van der Waals surface area contributed by atoms with Crippen LogP contribution in [0.4, 0.5) is 11.6 Å². The Kier molecular flexibility index (Phi) is 9.50. The predicted octanol–water partition coefficient (Wildman–Crippen LogP) is 6.41. The third-order valence-electron chi connectivity index (χ3n) is 6.31. The quantitative estimate of drug-likeness (QED) is 0.169. The number of benzene rings is 4. The fourth-order valence-corrected chi connectivity index (χ4v) is 4.11. The van der Waals surface area contributed by atoms with E-state index in [1.54, 1.807) is 0 Å². The standard InChI is InChI=1S/C34H30N4O4/c39-33(41-23-27-17-9-3-10-18-27)29-31(35-21-25-13-5-1-6-14-25)37-30(34(40)42-24-28-19-11-4-12-20-28)32(38-29)36-22-26-15-7-2-8-16-26/h1-20H,21-24H2,(H,35,37)(H,36,38). The minimum atomic E-state index is -0.672. The van der Waals surface area contributed by atoms with Gasteiger partial charge in [0, 0.05) is 13.1 Å². The number of carbonyl (C=O) groups is 2. The van der Waals surface area contributed by atoms with Crippen LogP contribution in [0.5, 0.6) is 0 Å². The Balaban J connectivity index is 1.46. The molecule has 0 aliphatic heterocycles. The minimum absolute atomic E-state index is 0.0444. The van der Waals surface area contributed by atoms with Gasteiger partial charge in [-0.2, -0.15) is 0 Å². The van der Waals surface area contributed by atoms with Gasteiger partial charge >= 0.3 is 11.9 Å². The Labute approximate surface area is 244 Å². The first kappa shape index (κ1) is 28.0. The molecule has 42 heavy (non-hydrogen) atoms. The summed E-state index contributed by atoms with van der Waals surface area (Å²) in [5.41, 5.74) is 3.50. The Morgan fingerprint density at radius 1 is 0.476 bits per heavy atom. The summed E-state index contributed by atoms with van der Waals surface area (Å²) in [7, 11) is 0. The Morgan fingerprint density at radius 3 is 1.12 bits per heavy atom. The normalized spacial score (nSPS) is 10.5. The second kappa shape index (κ2) is 14.2. The summed E-state index contributed by atoms with van der Waals surface area (Å²) in [6, 6.07) is 38.0. The van der Waals surface area contributed by atoms with E-state index in [0.29, 0.717) is 13.1 Å². The summed E-state index contributed by atoms with van der Waals surface area (Å²) < 4.78 is 11.2. The summed E-state index contributed by atoms with van der Waals surface area (Å²) in [5.74, 6) is -1.11. The zero-order valence-corrected chi connectivity index (χ0v) is 22.9. The molecule has 0 bridgehead atoms. The Hall–Kier alpha value is -5.50. The molecular weight excluding hydrogens is 528 g/mol. The zero-order chi connectivity index (χ0) is 29.0. The number of aromatic nitrogens is 2. The number of anilines is 2. The van der Waals surface area contributed by atoms with Crippen molar-refractivity contribution in [3.63, 3.8) is 0 Å². The molecule has 0 aliphatic rings. The lowest BCUT2D eigenvalue weighted by atomic mass is 10.2. The van der Waals surface area contributed by atoms with Crippen molar-refractivity contribution in [3.8, 4) is 0 Å². The Bertz CT molecular complexity index is 1480. The molecule has 5 rings (SSSR count).